The number of carbonyl (C=O) groups is 1. The standard InChI is InChI=1S/C23H27FN4O4/c1-13(30-5)11-28-22-16(21(27-28)26-19(29)9-23(2,3)4)6-15(10-25-22)14-7-17(24)20-18(8-14)31-12-32-20/h6-8,10,13H,9,11-12H2,1-5H3,(H,26,27,29). The van der Waals surface area contributed by atoms with Crippen molar-refractivity contribution in [3.05, 3.63) is 30.2 Å². The number of hydrogen-bond acceptors (Lipinski definition) is 6. The van der Waals surface area contributed by atoms with Gasteiger partial charge >= 0.3 is 0 Å². The number of pyridine rings is 1. The van der Waals surface area contributed by atoms with Gasteiger partial charge in [-0.15, -0.1) is 0 Å². The Morgan fingerprint density at radius 3 is 2.78 bits per heavy atom. The third-order valence-electron chi connectivity index (χ3n) is 5.13. The molecule has 0 fully saturated rings. The van der Waals surface area contributed by atoms with Crippen LogP contribution in [0.25, 0.3) is 22.2 Å². The second-order valence-corrected chi connectivity index (χ2v) is 9.15. The normalized spacial score (nSPS) is 14.1. The van der Waals surface area contributed by atoms with Crippen molar-refractivity contribution in [1.29, 1.82) is 0 Å². The van der Waals surface area contributed by atoms with Crippen molar-refractivity contribution in [3.8, 4) is 22.6 Å². The van der Waals surface area contributed by atoms with Crippen molar-refractivity contribution in [2.24, 2.45) is 5.41 Å². The molecular weight excluding hydrogens is 415 g/mol. The number of aromatic nitrogens is 3. The van der Waals surface area contributed by atoms with Crippen molar-refractivity contribution in [3.63, 3.8) is 0 Å². The van der Waals surface area contributed by atoms with E-state index in [9.17, 15) is 9.18 Å². The summed E-state index contributed by atoms with van der Waals surface area (Å²) in [5, 5.41) is 8.15. The molecule has 0 saturated carbocycles. The van der Waals surface area contributed by atoms with E-state index in [2.05, 4.69) is 15.4 Å². The van der Waals surface area contributed by atoms with Gasteiger partial charge in [0.2, 0.25) is 18.4 Å². The fourth-order valence-corrected chi connectivity index (χ4v) is 3.55. The summed E-state index contributed by atoms with van der Waals surface area (Å²) < 4.78 is 32.0. The van der Waals surface area contributed by atoms with E-state index < -0.39 is 5.82 Å². The fourth-order valence-electron chi connectivity index (χ4n) is 3.55. The quantitative estimate of drug-likeness (QED) is 0.610. The highest BCUT2D eigenvalue weighted by atomic mass is 19.1. The van der Waals surface area contributed by atoms with E-state index in [4.69, 9.17) is 14.2 Å². The first-order valence-corrected chi connectivity index (χ1v) is 10.4. The lowest BCUT2D eigenvalue weighted by Crippen LogP contribution is -2.20. The Labute approximate surface area is 185 Å². The molecule has 32 heavy (non-hydrogen) atoms. The molecule has 2 aromatic heterocycles. The van der Waals surface area contributed by atoms with Crippen molar-refractivity contribution in [2.75, 3.05) is 19.2 Å². The molecule has 1 unspecified atom stereocenters. The number of hydrogen-bond donors (Lipinski definition) is 1. The zero-order valence-corrected chi connectivity index (χ0v) is 18.9. The summed E-state index contributed by atoms with van der Waals surface area (Å²) in [4.78, 5) is 17.2. The minimum absolute atomic E-state index is 0.0125. The van der Waals surface area contributed by atoms with E-state index in [-0.39, 0.29) is 30.0 Å². The third-order valence-corrected chi connectivity index (χ3v) is 5.13. The van der Waals surface area contributed by atoms with E-state index in [1.54, 1.807) is 24.1 Å². The summed E-state index contributed by atoms with van der Waals surface area (Å²) >= 11 is 0. The minimum atomic E-state index is -0.501. The minimum Gasteiger partial charge on any atom is -0.453 e. The molecular formula is C23H27FN4O4. The molecule has 8 nitrogen and oxygen atoms in total. The van der Waals surface area contributed by atoms with Gasteiger partial charge in [0, 0.05) is 25.3 Å². The maximum atomic E-state index is 14.4. The lowest BCUT2D eigenvalue weighted by atomic mass is 9.92. The molecule has 3 aromatic rings. The lowest BCUT2D eigenvalue weighted by Gasteiger charge is -2.16. The predicted octanol–water partition coefficient (Wildman–Crippen LogP) is 4.38. The van der Waals surface area contributed by atoms with E-state index >= 15 is 0 Å². The molecule has 1 aliphatic rings. The summed E-state index contributed by atoms with van der Waals surface area (Å²) in [6.45, 7) is 8.37. The van der Waals surface area contributed by atoms with Crippen LogP contribution in [0.5, 0.6) is 11.5 Å². The van der Waals surface area contributed by atoms with E-state index in [0.29, 0.717) is 46.7 Å². The molecule has 0 aliphatic carbocycles. The molecule has 0 bridgehead atoms. The molecule has 1 aliphatic heterocycles. The van der Waals surface area contributed by atoms with Gasteiger partial charge < -0.3 is 19.5 Å². The van der Waals surface area contributed by atoms with Gasteiger partial charge in [-0.1, -0.05) is 20.8 Å². The van der Waals surface area contributed by atoms with Crippen LogP contribution < -0.4 is 14.8 Å². The van der Waals surface area contributed by atoms with Gasteiger partial charge in [-0.25, -0.2) is 14.1 Å². The van der Waals surface area contributed by atoms with Crippen LogP contribution >= 0.6 is 0 Å². The summed E-state index contributed by atoms with van der Waals surface area (Å²) in [5.74, 6) is 0.234. The van der Waals surface area contributed by atoms with Crippen LogP contribution in [-0.4, -0.2) is 40.7 Å². The summed E-state index contributed by atoms with van der Waals surface area (Å²) in [6, 6.07) is 4.93. The Kier molecular flexibility index (Phi) is 5.77. The summed E-state index contributed by atoms with van der Waals surface area (Å²) in [7, 11) is 1.63. The SMILES string of the molecule is COC(C)Cn1nc(NC(=O)CC(C)(C)C)c2cc(-c3cc(F)c4c(c3)OCO4)cnc21. The molecule has 9 heteroatoms. The smallest absolute Gasteiger partial charge is 0.231 e. The largest absolute Gasteiger partial charge is 0.453 e. The number of fused-ring (bicyclic) bond motifs is 2. The summed E-state index contributed by atoms with van der Waals surface area (Å²) in [5.41, 5.74) is 1.69. The van der Waals surface area contributed by atoms with Gasteiger partial charge in [-0.05, 0) is 36.1 Å². The van der Waals surface area contributed by atoms with Crippen molar-refractivity contribution < 1.29 is 23.4 Å². The maximum absolute atomic E-state index is 14.4. The molecule has 1 N–H and O–H groups in total. The highest BCUT2D eigenvalue weighted by Crippen LogP contribution is 2.39. The number of amides is 1. The fraction of sp³-hybridized carbons (Fsp3) is 0.435. The summed E-state index contributed by atoms with van der Waals surface area (Å²) in [6.07, 6.45) is 1.90. The van der Waals surface area contributed by atoms with Gasteiger partial charge in [0.05, 0.1) is 18.0 Å². The lowest BCUT2D eigenvalue weighted by molar-refractivity contribution is -0.117. The molecule has 0 radical (unpaired) electrons. The monoisotopic (exact) mass is 442 g/mol. The van der Waals surface area contributed by atoms with E-state index in [0.717, 1.165) is 0 Å². The number of benzene rings is 1. The number of rotatable bonds is 6. The Bertz CT molecular complexity index is 1170. The second-order valence-electron chi connectivity index (χ2n) is 9.15. The zero-order valence-electron chi connectivity index (χ0n) is 18.9. The first-order valence-electron chi connectivity index (χ1n) is 10.4. The Balaban J connectivity index is 1.76. The van der Waals surface area contributed by atoms with Crippen LogP contribution in [0.2, 0.25) is 0 Å². The number of halogens is 1. The Hall–Kier alpha value is -3.20. The highest BCUT2D eigenvalue weighted by molar-refractivity contribution is 6.00. The van der Waals surface area contributed by atoms with Crippen LogP contribution in [0.3, 0.4) is 0 Å². The Morgan fingerprint density at radius 2 is 2.06 bits per heavy atom. The van der Waals surface area contributed by atoms with Gasteiger partial charge in [-0.2, -0.15) is 5.10 Å². The number of anilines is 1. The molecule has 1 atom stereocenters. The van der Waals surface area contributed by atoms with Crippen LogP contribution in [0.4, 0.5) is 10.2 Å². The molecule has 1 aromatic carbocycles. The van der Waals surface area contributed by atoms with Crippen LogP contribution in [-0.2, 0) is 16.1 Å². The van der Waals surface area contributed by atoms with Crippen LogP contribution in [0.1, 0.15) is 34.1 Å². The molecule has 1 amide bonds. The first kappa shape index (κ1) is 22.0. The molecule has 4 rings (SSSR count). The first-order chi connectivity index (χ1) is 15.1. The number of methoxy groups -OCH3 is 1. The molecule has 0 saturated heterocycles. The molecule has 3 heterocycles. The maximum Gasteiger partial charge on any atom is 0.231 e. The van der Waals surface area contributed by atoms with Crippen molar-refractivity contribution in [2.45, 2.75) is 46.8 Å². The molecule has 0 spiro atoms. The van der Waals surface area contributed by atoms with Crippen molar-refractivity contribution in [1.82, 2.24) is 14.8 Å². The predicted molar refractivity (Wildman–Crippen MR) is 118 cm³/mol. The van der Waals surface area contributed by atoms with Crippen LogP contribution in [0.15, 0.2) is 24.4 Å². The number of ether oxygens (including phenoxy) is 3. The Morgan fingerprint density at radius 1 is 1.28 bits per heavy atom. The average Bonchev–Trinajstić information content (AvgIpc) is 3.31. The number of carbonyl (C=O) groups excluding carboxylic acids is 1. The number of nitrogens with one attached hydrogen (secondary N) is 1. The van der Waals surface area contributed by atoms with Gasteiger partial charge in [-0.3, -0.25) is 4.79 Å². The average molecular weight is 442 g/mol. The zero-order chi connectivity index (χ0) is 23.0. The van der Waals surface area contributed by atoms with Gasteiger partial charge in [0.1, 0.15) is 0 Å². The van der Waals surface area contributed by atoms with Crippen molar-refractivity contribution >= 4 is 22.8 Å². The van der Waals surface area contributed by atoms with Gasteiger partial charge in [0.25, 0.3) is 0 Å². The van der Waals surface area contributed by atoms with E-state index in [1.165, 1.54) is 6.07 Å². The van der Waals surface area contributed by atoms with E-state index in [1.807, 2.05) is 33.8 Å². The topological polar surface area (TPSA) is 87.5 Å². The van der Waals surface area contributed by atoms with Crippen LogP contribution in [0, 0.1) is 11.2 Å². The highest BCUT2D eigenvalue weighted by Gasteiger charge is 2.23. The third kappa shape index (κ3) is 4.52. The van der Waals surface area contributed by atoms with Gasteiger partial charge in [0.15, 0.2) is 23.0 Å². The molecule has 170 valence electrons. The number of nitrogens with zero attached hydrogens (tertiary/aromatic N) is 3. The second kappa shape index (κ2) is 8.38.